The van der Waals surface area contributed by atoms with E-state index in [1.54, 1.807) is 26.0 Å². The highest BCUT2D eigenvalue weighted by atomic mass is 32.2. The molecule has 0 heterocycles. The molecule has 0 atom stereocenters. The molecule has 0 saturated heterocycles. The maximum absolute atomic E-state index is 11.7. The Kier molecular flexibility index (Phi) is 6.60. The molecule has 0 aliphatic carbocycles. The number of hydrogen-bond acceptors (Lipinski definition) is 5. The Morgan fingerprint density at radius 3 is 2.75 bits per heavy atom. The Labute approximate surface area is 122 Å². The highest BCUT2D eigenvalue weighted by molar-refractivity contribution is 7.99. The summed E-state index contributed by atoms with van der Waals surface area (Å²) in [4.78, 5) is 23.8. The van der Waals surface area contributed by atoms with E-state index in [0.717, 1.165) is 4.90 Å². The van der Waals surface area contributed by atoms with Crippen LogP contribution >= 0.6 is 11.8 Å². The van der Waals surface area contributed by atoms with Gasteiger partial charge in [0.25, 0.3) is 5.91 Å². The number of esters is 1. The fourth-order valence-corrected chi connectivity index (χ4v) is 1.96. The first-order valence-corrected chi connectivity index (χ1v) is 7.08. The van der Waals surface area contributed by atoms with Crippen molar-refractivity contribution in [1.29, 1.82) is 5.26 Å². The van der Waals surface area contributed by atoms with Gasteiger partial charge in [-0.3, -0.25) is 9.59 Å². The van der Waals surface area contributed by atoms with Gasteiger partial charge in [0.2, 0.25) is 0 Å². The minimum atomic E-state index is -0.410. The summed E-state index contributed by atoms with van der Waals surface area (Å²) in [5.41, 5.74) is 0.610. The molecule has 106 valence electrons. The van der Waals surface area contributed by atoms with Crippen LogP contribution in [0.25, 0.3) is 0 Å². The second-order valence-corrected chi connectivity index (χ2v) is 5.27. The minimum Gasteiger partial charge on any atom is -0.455 e. The summed E-state index contributed by atoms with van der Waals surface area (Å²) < 4.78 is 4.85. The van der Waals surface area contributed by atoms with E-state index in [0.29, 0.717) is 11.4 Å². The van der Waals surface area contributed by atoms with Crippen molar-refractivity contribution in [2.45, 2.75) is 18.7 Å². The number of carbonyl (C=O) groups excluding carboxylic acids is 2. The molecule has 5 nitrogen and oxygen atoms in total. The van der Waals surface area contributed by atoms with Crippen molar-refractivity contribution in [3.63, 3.8) is 0 Å². The van der Waals surface area contributed by atoms with Crippen LogP contribution in [0.5, 0.6) is 0 Å². The van der Waals surface area contributed by atoms with Gasteiger partial charge in [-0.25, -0.2) is 0 Å². The summed E-state index contributed by atoms with van der Waals surface area (Å²) in [6.07, 6.45) is 0. The van der Waals surface area contributed by atoms with Crippen molar-refractivity contribution in [1.82, 2.24) is 0 Å². The zero-order valence-corrected chi connectivity index (χ0v) is 12.2. The Hall–Kier alpha value is -2.00. The molecule has 1 aromatic carbocycles. The molecule has 0 radical (unpaired) electrons. The first-order valence-electron chi connectivity index (χ1n) is 6.10. The number of amides is 1. The molecule has 0 saturated carbocycles. The predicted molar refractivity (Wildman–Crippen MR) is 77.2 cm³/mol. The van der Waals surface area contributed by atoms with E-state index < -0.39 is 11.9 Å². The summed E-state index contributed by atoms with van der Waals surface area (Å²) in [7, 11) is 0. The fraction of sp³-hybridized carbons (Fsp3) is 0.357. The van der Waals surface area contributed by atoms with Gasteiger partial charge in [-0.2, -0.15) is 5.26 Å². The van der Waals surface area contributed by atoms with Crippen LogP contribution in [-0.2, 0) is 14.3 Å². The number of ether oxygens (including phenoxy) is 1. The van der Waals surface area contributed by atoms with Gasteiger partial charge in [-0.15, -0.1) is 11.8 Å². The number of nitrogens with zero attached hydrogens (tertiary/aromatic N) is 1. The number of nitrogens with one attached hydrogen (secondary N) is 1. The maximum Gasteiger partial charge on any atom is 0.308 e. The van der Waals surface area contributed by atoms with Crippen molar-refractivity contribution in [3.8, 4) is 6.07 Å². The van der Waals surface area contributed by atoms with Gasteiger partial charge in [0.1, 0.15) is 0 Å². The summed E-state index contributed by atoms with van der Waals surface area (Å²) in [6.45, 7) is 3.09. The van der Waals surface area contributed by atoms with Crippen LogP contribution in [0.15, 0.2) is 29.2 Å². The summed E-state index contributed by atoms with van der Waals surface area (Å²) in [5, 5.41) is 11.2. The third-order valence-corrected chi connectivity index (χ3v) is 3.21. The lowest BCUT2D eigenvalue weighted by Crippen LogP contribution is -2.23. The van der Waals surface area contributed by atoms with Crippen LogP contribution in [0, 0.1) is 17.2 Å². The van der Waals surface area contributed by atoms with Crippen molar-refractivity contribution in [2.24, 2.45) is 5.92 Å². The molecule has 0 spiro atoms. The van der Waals surface area contributed by atoms with Gasteiger partial charge in [-0.1, -0.05) is 26.0 Å². The minimum absolute atomic E-state index is 0.263. The van der Waals surface area contributed by atoms with Crippen molar-refractivity contribution in [2.75, 3.05) is 17.7 Å². The van der Waals surface area contributed by atoms with Crippen LogP contribution in [-0.4, -0.2) is 24.2 Å². The van der Waals surface area contributed by atoms with E-state index >= 15 is 0 Å². The molecule has 1 aromatic rings. The van der Waals surface area contributed by atoms with Gasteiger partial charge in [0, 0.05) is 4.90 Å². The molecule has 0 bridgehead atoms. The fourth-order valence-electron chi connectivity index (χ4n) is 1.30. The molecule has 20 heavy (non-hydrogen) atoms. The van der Waals surface area contributed by atoms with Crippen LogP contribution in [0.2, 0.25) is 0 Å². The smallest absolute Gasteiger partial charge is 0.308 e. The van der Waals surface area contributed by atoms with E-state index in [4.69, 9.17) is 10.00 Å². The van der Waals surface area contributed by atoms with Gasteiger partial charge >= 0.3 is 5.97 Å². The van der Waals surface area contributed by atoms with Gasteiger partial charge in [0.05, 0.1) is 23.4 Å². The van der Waals surface area contributed by atoms with Crippen molar-refractivity contribution >= 4 is 29.3 Å². The van der Waals surface area contributed by atoms with Gasteiger partial charge in [0.15, 0.2) is 6.61 Å². The van der Waals surface area contributed by atoms with Crippen LogP contribution in [0.1, 0.15) is 13.8 Å². The van der Waals surface area contributed by atoms with E-state index in [2.05, 4.69) is 5.32 Å². The third kappa shape index (κ3) is 5.33. The van der Waals surface area contributed by atoms with Crippen LogP contribution < -0.4 is 5.32 Å². The first-order chi connectivity index (χ1) is 9.54. The number of anilines is 1. The Bertz CT molecular complexity index is 523. The standard InChI is InChI=1S/C14H16N2O3S/c1-10(2)14(18)19-9-13(17)16-11-5-3-4-6-12(11)20-8-7-15/h3-6,10H,8-9H2,1-2H3,(H,16,17). The van der Waals surface area contributed by atoms with E-state index in [-0.39, 0.29) is 12.5 Å². The largest absolute Gasteiger partial charge is 0.455 e. The topological polar surface area (TPSA) is 79.2 Å². The van der Waals surface area contributed by atoms with E-state index in [1.807, 2.05) is 18.2 Å². The lowest BCUT2D eigenvalue weighted by Gasteiger charge is -2.10. The highest BCUT2D eigenvalue weighted by Gasteiger charge is 2.12. The molecule has 1 amide bonds. The molecular formula is C14H16N2O3S. The molecule has 0 unspecified atom stereocenters. The number of nitriles is 1. The normalized spacial score (nSPS) is 9.90. The summed E-state index contributed by atoms with van der Waals surface area (Å²) >= 11 is 1.33. The lowest BCUT2D eigenvalue weighted by atomic mass is 10.2. The third-order valence-electron chi connectivity index (χ3n) is 2.27. The van der Waals surface area contributed by atoms with Gasteiger partial charge in [-0.05, 0) is 12.1 Å². The highest BCUT2D eigenvalue weighted by Crippen LogP contribution is 2.26. The SMILES string of the molecule is CC(C)C(=O)OCC(=O)Nc1ccccc1SCC#N. The molecular weight excluding hydrogens is 276 g/mol. The van der Waals surface area contributed by atoms with Crippen LogP contribution in [0.3, 0.4) is 0 Å². The number of hydrogen-bond donors (Lipinski definition) is 1. The number of rotatable bonds is 6. The predicted octanol–water partition coefficient (Wildman–Crippen LogP) is 2.44. The number of para-hydroxylation sites is 1. The van der Waals surface area contributed by atoms with Crippen molar-refractivity contribution in [3.05, 3.63) is 24.3 Å². The van der Waals surface area contributed by atoms with Crippen molar-refractivity contribution < 1.29 is 14.3 Å². The molecule has 6 heteroatoms. The van der Waals surface area contributed by atoms with E-state index in [9.17, 15) is 9.59 Å². The Morgan fingerprint density at radius 2 is 2.10 bits per heavy atom. The molecule has 1 rings (SSSR count). The average Bonchev–Trinajstić information content (AvgIpc) is 2.43. The molecule has 0 aliphatic rings. The number of thioether (sulfide) groups is 1. The number of carbonyl (C=O) groups is 2. The monoisotopic (exact) mass is 292 g/mol. The molecule has 0 aromatic heterocycles. The average molecular weight is 292 g/mol. The summed E-state index contributed by atoms with van der Waals surface area (Å²) in [6, 6.07) is 9.20. The Morgan fingerprint density at radius 1 is 1.40 bits per heavy atom. The zero-order valence-electron chi connectivity index (χ0n) is 11.4. The first kappa shape index (κ1) is 16.1. The van der Waals surface area contributed by atoms with Crippen LogP contribution in [0.4, 0.5) is 5.69 Å². The number of benzene rings is 1. The zero-order chi connectivity index (χ0) is 15.0. The quantitative estimate of drug-likeness (QED) is 0.643. The summed E-state index contributed by atoms with van der Waals surface area (Å²) in [5.74, 6) is -0.771. The van der Waals surface area contributed by atoms with Gasteiger partial charge < -0.3 is 10.1 Å². The molecule has 1 N–H and O–H groups in total. The maximum atomic E-state index is 11.7. The van der Waals surface area contributed by atoms with E-state index in [1.165, 1.54) is 11.8 Å². The lowest BCUT2D eigenvalue weighted by molar-refractivity contribution is -0.150. The molecule has 0 aliphatic heterocycles. The Balaban J connectivity index is 2.57. The molecule has 0 fully saturated rings. The second-order valence-electron chi connectivity index (χ2n) is 4.25. The second kappa shape index (κ2) is 8.23.